The Bertz CT molecular complexity index is 2930. The zero-order valence-corrected chi connectivity index (χ0v) is 29.5. The molecule has 0 fully saturated rings. The molecule has 0 saturated carbocycles. The fraction of sp³-hybridized carbons (Fsp3) is 0.0755. The second-order valence-electron chi connectivity index (χ2n) is 15.3. The summed E-state index contributed by atoms with van der Waals surface area (Å²) < 4.78 is 0. The van der Waals surface area contributed by atoms with Crippen molar-refractivity contribution in [2.45, 2.75) is 22.7 Å². The maximum Gasteiger partial charge on any atom is 0.176 e. The minimum Gasteiger partial charge on any atom is -0.293 e. The molecule has 1 nitrogen and oxygen atoms in total. The Hall–Kier alpha value is -6.57. The molecule has 8 aromatic carbocycles. The SMILES string of the molecule is O=C1C(c2ccccc2)=C(c2ccccc2)C23C(=C(c4ccccc4)C4c5cccc6cccc(c56)C4C12c1ccccc1)c1cccc2cccc3c12. The lowest BCUT2D eigenvalue weighted by molar-refractivity contribution is -0.120. The third-order valence-corrected chi connectivity index (χ3v) is 13.2. The Morgan fingerprint density at radius 3 is 1.63 bits per heavy atom. The van der Waals surface area contributed by atoms with Gasteiger partial charge in [0.2, 0.25) is 0 Å². The van der Waals surface area contributed by atoms with Gasteiger partial charge in [0.25, 0.3) is 0 Å². The normalized spacial score (nSPS) is 23.2. The van der Waals surface area contributed by atoms with Crippen LogP contribution < -0.4 is 0 Å². The summed E-state index contributed by atoms with van der Waals surface area (Å²) in [7, 11) is 0. The van der Waals surface area contributed by atoms with Crippen LogP contribution in [0.25, 0.3) is 43.8 Å². The largest absolute Gasteiger partial charge is 0.293 e. The van der Waals surface area contributed by atoms with E-state index in [9.17, 15) is 0 Å². The zero-order valence-electron chi connectivity index (χ0n) is 29.5. The average molecular weight is 687 g/mol. The molecule has 0 radical (unpaired) electrons. The molecule has 252 valence electrons. The fourth-order valence-electron chi connectivity index (χ4n) is 11.7. The van der Waals surface area contributed by atoms with E-state index in [1.54, 1.807) is 0 Å². The Morgan fingerprint density at radius 2 is 0.963 bits per heavy atom. The zero-order chi connectivity index (χ0) is 35.6. The molecule has 0 bridgehead atoms. The molecule has 12 rings (SSSR count). The van der Waals surface area contributed by atoms with Gasteiger partial charge in [-0.3, -0.25) is 4.79 Å². The molecule has 0 aromatic heterocycles. The summed E-state index contributed by atoms with van der Waals surface area (Å²) in [6.07, 6.45) is 0. The van der Waals surface area contributed by atoms with Crippen LogP contribution in [0.4, 0.5) is 0 Å². The number of hydrogen-bond donors (Lipinski definition) is 0. The molecule has 0 heterocycles. The fourth-order valence-corrected chi connectivity index (χ4v) is 11.7. The number of rotatable bonds is 4. The van der Waals surface area contributed by atoms with Gasteiger partial charge >= 0.3 is 0 Å². The topological polar surface area (TPSA) is 17.1 Å². The Labute approximate surface area is 314 Å². The lowest BCUT2D eigenvalue weighted by Crippen LogP contribution is -2.57. The summed E-state index contributed by atoms with van der Waals surface area (Å²) in [5.41, 5.74) is 12.0. The highest BCUT2D eigenvalue weighted by molar-refractivity contribution is 6.43. The van der Waals surface area contributed by atoms with Crippen LogP contribution in [0, 0.1) is 0 Å². The van der Waals surface area contributed by atoms with Crippen molar-refractivity contribution in [3.63, 3.8) is 0 Å². The Balaban J connectivity index is 1.41. The van der Waals surface area contributed by atoms with Gasteiger partial charge < -0.3 is 0 Å². The summed E-state index contributed by atoms with van der Waals surface area (Å²) in [5.74, 6) is -0.0672. The second kappa shape index (κ2) is 10.7. The van der Waals surface area contributed by atoms with Gasteiger partial charge in [-0.2, -0.15) is 0 Å². The summed E-state index contributed by atoms with van der Waals surface area (Å²) in [5, 5.41) is 4.98. The highest BCUT2D eigenvalue weighted by atomic mass is 16.1. The van der Waals surface area contributed by atoms with Crippen LogP contribution in [0.3, 0.4) is 0 Å². The standard InChI is InChI=1S/C53H34O/c54-51-46(36-19-7-2-8-20-36)48(37-21-9-3-10-22-37)53-42-32-16-26-34-25-15-31-41(44(34)42)49(53)45(35-17-5-1-6-18-35)47-39-29-13-23-33-24-14-30-40(43(33)39)50(47)52(51,53)38-27-11-4-12-28-38/h1-32,47,50H. The van der Waals surface area contributed by atoms with Crippen molar-refractivity contribution < 1.29 is 4.79 Å². The highest BCUT2D eigenvalue weighted by Gasteiger charge is 2.76. The van der Waals surface area contributed by atoms with Gasteiger partial charge in [0.1, 0.15) is 0 Å². The molecule has 0 saturated heterocycles. The van der Waals surface area contributed by atoms with E-state index in [-0.39, 0.29) is 17.6 Å². The predicted molar refractivity (Wildman–Crippen MR) is 221 cm³/mol. The summed E-state index contributed by atoms with van der Waals surface area (Å²) in [6, 6.07) is 70.6. The predicted octanol–water partition coefficient (Wildman–Crippen LogP) is 12.2. The van der Waals surface area contributed by atoms with Gasteiger partial charge in [-0.05, 0) is 82.8 Å². The first-order valence-corrected chi connectivity index (χ1v) is 19.1. The minimum absolute atomic E-state index is 0.0718. The van der Waals surface area contributed by atoms with Crippen LogP contribution >= 0.6 is 0 Å². The van der Waals surface area contributed by atoms with E-state index in [1.165, 1.54) is 60.5 Å². The Morgan fingerprint density at radius 1 is 0.426 bits per heavy atom. The Kier molecular flexibility index (Phi) is 5.96. The van der Waals surface area contributed by atoms with Gasteiger partial charge in [0.05, 0.1) is 10.8 Å². The lowest BCUT2D eigenvalue weighted by Gasteiger charge is -2.56. The van der Waals surface area contributed by atoms with E-state index in [4.69, 9.17) is 0 Å². The molecule has 0 aliphatic heterocycles. The third kappa shape index (κ3) is 3.40. The van der Waals surface area contributed by atoms with Crippen LogP contribution in [0.5, 0.6) is 0 Å². The number of allylic oxidation sites excluding steroid dienone is 4. The number of ketones is 1. The van der Waals surface area contributed by atoms with Gasteiger partial charge in [-0.25, -0.2) is 0 Å². The van der Waals surface area contributed by atoms with Crippen LogP contribution in [0.1, 0.15) is 56.3 Å². The van der Waals surface area contributed by atoms with E-state index in [0.717, 1.165) is 27.8 Å². The molecule has 1 heteroatoms. The summed E-state index contributed by atoms with van der Waals surface area (Å²) >= 11 is 0. The quantitative estimate of drug-likeness (QED) is 0.180. The average Bonchev–Trinajstić information content (AvgIpc) is 3.82. The van der Waals surface area contributed by atoms with Crippen LogP contribution in [0.15, 0.2) is 194 Å². The smallest absolute Gasteiger partial charge is 0.176 e. The van der Waals surface area contributed by atoms with E-state index in [2.05, 4.69) is 194 Å². The van der Waals surface area contributed by atoms with Crippen molar-refractivity contribution in [3.05, 3.63) is 239 Å². The molecule has 1 spiro atoms. The highest BCUT2D eigenvalue weighted by Crippen LogP contribution is 2.81. The maximum absolute atomic E-state index is 17.0. The van der Waals surface area contributed by atoms with Crippen molar-refractivity contribution in [1.29, 1.82) is 0 Å². The molecule has 0 N–H and O–H groups in total. The number of Topliss-reactive ketones (excluding diaryl/α,β-unsaturated/α-hetero) is 1. The maximum atomic E-state index is 17.0. The molecule has 4 atom stereocenters. The summed E-state index contributed by atoms with van der Waals surface area (Å²) in [4.78, 5) is 17.0. The number of carbonyl (C=O) groups excluding carboxylic acids is 1. The van der Waals surface area contributed by atoms with Gasteiger partial charge in [0.15, 0.2) is 5.78 Å². The van der Waals surface area contributed by atoms with Crippen molar-refractivity contribution in [2.24, 2.45) is 0 Å². The molecule has 4 unspecified atom stereocenters. The number of fused-ring (bicyclic) bond motifs is 5. The molecule has 0 amide bonds. The molecular formula is C53H34O. The monoisotopic (exact) mass is 686 g/mol. The third-order valence-electron chi connectivity index (χ3n) is 13.2. The van der Waals surface area contributed by atoms with Crippen molar-refractivity contribution >= 4 is 49.6 Å². The molecule has 4 aliphatic rings. The van der Waals surface area contributed by atoms with Gasteiger partial charge in [-0.1, -0.05) is 194 Å². The molecule has 4 aliphatic carbocycles. The van der Waals surface area contributed by atoms with E-state index in [1.807, 2.05) is 0 Å². The van der Waals surface area contributed by atoms with E-state index >= 15 is 4.79 Å². The lowest BCUT2D eigenvalue weighted by atomic mass is 9.42. The molecule has 8 aromatic rings. The van der Waals surface area contributed by atoms with Crippen LogP contribution in [-0.2, 0) is 15.6 Å². The van der Waals surface area contributed by atoms with E-state index < -0.39 is 10.8 Å². The summed E-state index contributed by atoms with van der Waals surface area (Å²) in [6.45, 7) is 0. The first kappa shape index (κ1) is 29.9. The number of carbonyl (C=O) groups is 1. The number of benzene rings is 8. The van der Waals surface area contributed by atoms with Crippen LogP contribution in [-0.4, -0.2) is 5.78 Å². The van der Waals surface area contributed by atoms with Crippen molar-refractivity contribution in [2.75, 3.05) is 0 Å². The first-order chi connectivity index (χ1) is 26.8. The van der Waals surface area contributed by atoms with E-state index in [0.29, 0.717) is 0 Å². The van der Waals surface area contributed by atoms with Gasteiger partial charge in [-0.15, -0.1) is 0 Å². The molecule has 54 heavy (non-hydrogen) atoms. The van der Waals surface area contributed by atoms with Crippen LogP contribution in [0.2, 0.25) is 0 Å². The molecular weight excluding hydrogens is 653 g/mol. The first-order valence-electron chi connectivity index (χ1n) is 19.1. The minimum atomic E-state index is -1.04. The van der Waals surface area contributed by atoms with Crippen molar-refractivity contribution in [1.82, 2.24) is 0 Å². The second-order valence-corrected chi connectivity index (χ2v) is 15.3. The number of hydrogen-bond acceptors (Lipinski definition) is 1. The van der Waals surface area contributed by atoms with Gasteiger partial charge in [0, 0.05) is 17.4 Å². The van der Waals surface area contributed by atoms with Crippen molar-refractivity contribution in [3.8, 4) is 0 Å².